The lowest BCUT2D eigenvalue weighted by Gasteiger charge is -1.97. The lowest BCUT2D eigenvalue weighted by molar-refractivity contribution is 1.45. The van der Waals surface area contributed by atoms with Gasteiger partial charge in [0.25, 0.3) is 0 Å². The van der Waals surface area contributed by atoms with Crippen molar-refractivity contribution in [3.63, 3.8) is 0 Å². The van der Waals surface area contributed by atoms with E-state index >= 15 is 0 Å². The minimum Gasteiger partial charge on any atom is -0.348 e. The molecule has 0 unspecified atom stereocenters. The highest BCUT2D eigenvalue weighted by Crippen LogP contribution is 2.42. The number of hydrogen-bond donors (Lipinski definition) is 1. The van der Waals surface area contributed by atoms with Crippen LogP contribution >= 0.6 is 23.4 Å². The lowest BCUT2D eigenvalue weighted by atomic mass is 10.3. The molecule has 1 heterocycles. The molecule has 0 aromatic heterocycles. The first kappa shape index (κ1) is 8.02. The van der Waals surface area contributed by atoms with Crippen molar-refractivity contribution in [1.29, 1.82) is 0 Å². The fraction of sp³-hybridized carbons (Fsp3) is 0.111. The summed E-state index contributed by atoms with van der Waals surface area (Å²) in [6.07, 6.45) is 0. The second-order valence-electron chi connectivity index (χ2n) is 2.59. The first-order valence-electron chi connectivity index (χ1n) is 3.67. The molecule has 0 spiro atoms. The molecule has 0 fully saturated rings. The average molecular weight is 198 g/mol. The van der Waals surface area contributed by atoms with Crippen LogP contribution in [-0.2, 0) is 0 Å². The van der Waals surface area contributed by atoms with Gasteiger partial charge in [-0.1, -0.05) is 35.5 Å². The quantitative estimate of drug-likeness (QED) is 0.682. The van der Waals surface area contributed by atoms with Gasteiger partial charge in [-0.05, 0) is 19.1 Å². The molecule has 1 aliphatic rings. The third kappa shape index (κ3) is 1.32. The molecule has 0 amide bonds. The van der Waals surface area contributed by atoms with Crippen LogP contribution in [0, 0.1) is 0 Å². The molecule has 1 aromatic rings. The Hall–Kier alpha value is -0.600. The normalized spacial score (nSPS) is 18.5. The Balaban J connectivity index is 2.40. The lowest BCUT2D eigenvalue weighted by Crippen LogP contribution is -1.88. The van der Waals surface area contributed by atoms with E-state index in [1.807, 2.05) is 19.1 Å². The van der Waals surface area contributed by atoms with Gasteiger partial charge in [-0.3, -0.25) is 0 Å². The molecule has 1 nitrogen and oxygen atoms in total. The van der Waals surface area contributed by atoms with E-state index in [2.05, 4.69) is 17.4 Å². The van der Waals surface area contributed by atoms with Crippen molar-refractivity contribution >= 4 is 29.1 Å². The van der Waals surface area contributed by atoms with Crippen molar-refractivity contribution in [2.45, 2.75) is 11.8 Å². The number of anilines is 1. The standard InChI is InChI=1S/C9H8ClNS/c1-6(10)9-11-7-4-2-3-5-8(7)12-9/h2-5,11H,1H3/b9-6+. The minimum absolute atomic E-state index is 0.816. The summed E-state index contributed by atoms with van der Waals surface area (Å²) in [6.45, 7) is 1.89. The molecule has 1 aliphatic heterocycles. The predicted octanol–water partition coefficient (Wildman–Crippen LogP) is 3.63. The van der Waals surface area contributed by atoms with Gasteiger partial charge in [-0.15, -0.1) is 0 Å². The number of para-hydroxylation sites is 1. The number of thioether (sulfide) groups is 1. The van der Waals surface area contributed by atoms with E-state index in [4.69, 9.17) is 11.6 Å². The molecule has 12 heavy (non-hydrogen) atoms. The van der Waals surface area contributed by atoms with Crippen LogP contribution in [0.1, 0.15) is 6.92 Å². The topological polar surface area (TPSA) is 12.0 Å². The molecule has 0 saturated carbocycles. The maximum atomic E-state index is 5.87. The zero-order chi connectivity index (χ0) is 8.55. The van der Waals surface area contributed by atoms with Crippen molar-refractivity contribution in [3.8, 4) is 0 Å². The molecule has 1 N–H and O–H groups in total. The third-order valence-corrected chi connectivity index (χ3v) is 3.15. The zero-order valence-corrected chi connectivity index (χ0v) is 8.17. The van der Waals surface area contributed by atoms with Crippen LogP contribution in [0.2, 0.25) is 0 Å². The van der Waals surface area contributed by atoms with Crippen LogP contribution in [0.3, 0.4) is 0 Å². The number of nitrogens with one attached hydrogen (secondary N) is 1. The summed E-state index contributed by atoms with van der Waals surface area (Å²) in [5.74, 6) is 0. The van der Waals surface area contributed by atoms with E-state index in [1.54, 1.807) is 11.8 Å². The molecule has 2 rings (SSSR count). The van der Waals surface area contributed by atoms with Crippen LogP contribution in [-0.4, -0.2) is 0 Å². The van der Waals surface area contributed by atoms with Crippen LogP contribution in [0.5, 0.6) is 0 Å². The molecule has 0 aliphatic carbocycles. The highest BCUT2D eigenvalue weighted by Gasteiger charge is 2.15. The fourth-order valence-electron chi connectivity index (χ4n) is 1.07. The van der Waals surface area contributed by atoms with E-state index in [0.717, 1.165) is 15.7 Å². The monoisotopic (exact) mass is 197 g/mol. The summed E-state index contributed by atoms with van der Waals surface area (Å²) in [6, 6.07) is 8.17. The Morgan fingerprint density at radius 1 is 1.42 bits per heavy atom. The SMILES string of the molecule is C/C(Cl)=C1/Nc2ccccc2S1. The summed E-state index contributed by atoms with van der Waals surface area (Å²) in [5, 5.41) is 5.10. The van der Waals surface area contributed by atoms with Gasteiger partial charge in [-0.2, -0.15) is 0 Å². The molecule has 62 valence electrons. The van der Waals surface area contributed by atoms with Gasteiger partial charge in [0.15, 0.2) is 0 Å². The molecule has 0 radical (unpaired) electrons. The number of halogens is 1. The minimum atomic E-state index is 0.816. The second kappa shape index (κ2) is 3.04. The van der Waals surface area contributed by atoms with E-state index in [0.29, 0.717) is 0 Å². The second-order valence-corrected chi connectivity index (χ2v) is 4.20. The first-order valence-corrected chi connectivity index (χ1v) is 4.87. The van der Waals surface area contributed by atoms with Crippen molar-refractivity contribution in [2.75, 3.05) is 5.32 Å². The highest BCUT2D eigenvalue weighted by atomic mass is 35.5. The highest BCUT2D eigenvalue weighted by molar-refractivity contribution is 8.03. The largest absolute Gasteiger partial charge is 0.348 e. The molecular formula is C9H8ClNS. The number of allylic oxidation sites excluding steroid dienone is 1. The van der Waals surface area contributed by atoms with E-state index < -0.39 is 0 Å². The van der Waals surface area contributed by atoms with E-state index in [9.17, 15) is 0 Å². The molecule has 3 heteroatoms. The Bertz CT molecular complexity index is 315. The van der Waals surface area contributed by atoms with Crippen LogP contribution in [0.15, 0.2) is 39.2 Å². The van der Waals surface area contributed by atoms with Crippen molar-refractivity contribution < 1.29 is 0 Å². The summed E-state index contributed by atoms with van der Waals surface area (Å²) in [5.41, 5.74) is 1.15. The maximum absolute atomic E-state index is 5.87. The average Bonchev–Trinajstić information content (AvgIpc) is 2.46. The van der Waals surface area contributed by atoms with Gasteiger partial charge in [0, 0.05) is 9.93 Å². The van der Waals surface area contributed by atoms with Crippen molar-refractivity contribution in [3.05, 3.63) is 34.3 Å². The summed E-state index contributed by atoms with van der Waals surface area (Å²) in [4.78, 5) is 1.24. The van der Waals surface area contributed by atoms with Gasteiger partial charge in [0.2, 0.25) is 0 Å². The molecule has 0 atom stereocenters. The van der Waals surface area contributed by atoms with Crippen LogP contribution in [0.4, 0.5) is 5.69 Å². The number of benzene rings is 1. The van der Waals surface area contributed by atoms with Gasteiger partial charge < -0.3 is 5.32 Å². The molecular weight excluding hydrogens is 190 g/mol. The predicted molar refractivity (Wildman–Crippen MR) is 54.5 cm³/mol. The Labute approximate surface area is 80.8 Å². The van der Waals surface area contributed by atoms with Crippen LogP contribution < -0.4 is 5.32 Å². The van der Waals surface area contributed by atoms with Gasteiger partial charge in [-0.25, -0.2) is 0 Å². The number of hydrogen-bond acceptors (Lipinski definition) is 2. The first-order chi connectivity index (χ1) is 5.77. The van der Waals surface area contributed by atoms with Gasteiger partial charge >= 0.3 is 0 Å². The molecule has 0 bridgehead atoms. The summed E-state index contributed by atoms with van der Waals surface area (Å²) < 4.78 is 0. The Morgan fingerprint density at radius 2 is 2.17 bits per heavy atom. The number of rotatable bonds is 0. The Kier molecular flexibility index (Phi) is 2.03. The zero-order valence-electron chi connectivity index (χ0n) is 6.60. The third-order valence-electron chi connectivity index (χ3n) is 1.66. The summed E-state index contributed by atoms with van der Waals surface area (Å²) >= 11 is 7.55. The van der Waals surface area contributed by atoms with Crippen LogP contribution in [0.25, 0.3) is 0 Å². The Morgan fingerprint density at radius 3 is 2.83 bits per heavy atom. The maximum Gasteiger partial charge on any atom is 0.0919 e. The van der Waals surface area contributed by atoms with E-state index in [-0.39, 0.29) is 0 Å². The van der Waals surface area contributed by atoms with Crippen molar-refractivity contribution in [2.24, 2.45) is 0 Å². The van der Waals surface area contributed by atoms with Crippen molar-refractivity contribution in [1.82, 2.24) is 0 Å². The van der Waals surface area contributed by atoms with Gasteiger partial charge in [0.1, 0.15) is 0 Å². The van der Waals surface area contributed by atoms with E-state index in [1.165, 1.54) is 4.90 Å². The summed E-state index contributed by atoms with van der Waals surface area (Å²) in [7, 11) is 0. The molecule has 1 aromatic carbocycles. The molecule has 0 saturated heterocycles. The smallest absolute Gasteiger partial charge is 0.0919 e. The van der Waals surface area contributed by atoms with Gasteiger partial charge in [0.05, 0.1) is 10.7 Å². The number of fused-ring (bicyclic) bond motifs is 1. The fourth-order valence-corrected chi connectivity index (χ4v) is 2.13.